The predicted octanol–water partition coefficient (Wildman–Crippen LogP) is 0.673. The molecule has 1 saturated heterocycles. The Bertz CT molecular complexity index is 341. The van der Waals surface area contributed by atoms with Gasteiger partial charge in [-0.25, -0.2) is 4.98 Å². The van der Waals surface area contributed by atoms with E-state index in [9.17, 15) is 0 Å². The third kappa shape index (κ3) is 2.24. The van der Waals surface area contributed by atoms with Crippen molar-refractivity contribution in [2.24, 2.45) is 0 Å². The van der Waals surface area contributed by atoms with E-state index < -0.39 is 0 Å². The van der Waals surface area contributed by atoms with Crippen molar-refractivity contribution >= 4 is 5.95 Å². The van der Waals surface area contributed by atoms with Crippen molar-refractivity contribution in [1.82, 2.24) is 15.3 Å². The van der Waals surface area contributed by atoms with Gasteiger partial charge in [-0.3, -0.25) is 0 Å². The van der Waals surface area contributed by atoms with E-state index in [4.69, 9.17) is 4.74 Å². The van der Waals surface area contributed by atoms with Gasteiger partial charge < -0.3 is 15.0 Å². The molecule has 0 radical (unpaired) electrons. The van der Waals surface area contributed by atoms with Crippen LogP contribution < -0.4 is 15.0 Å². The summed E-state index contributed by atoms with van der Waals surface area (Å²) < 4.78 is 5.38. The SMILES string of the molecule is CCOc1ccnc(N(CC)C2CNC2)n1. The van der Waals surface area contributed by atoms with Crippen molar-refractivity contribution in [1.29, 1.82) is 0 Å². The van der Waals surface area contributed by atoms with Gasteiger partial charge in [0, 0.05) is 31.9 Å². The van der Waals surface area contributed by atoms with Crippen molar-refractivity contribution < 1.29 is 4.74 Å². The number of hydrogen-bond acceptors (Lipinski definition) is 5. The number of likely N-dealkylation sites (N-methyl/N-ethyl adjacent to an activating group) is 1. The van der Waals surface area contributed by atoms with Crippen LogP contribution in [-0.4, -0.2) is 42.3 Å². The van der Waals surface area contributed by atoms with Gasteiger partial charge in [0.25, 0.3) is 0 Å². The Morgan fingerprint density at radius 3 is 2.88 bits per heavy atom. The lowest BCUT2D eigenvalue weighted by Crippen LogP contribution is -2.57. The molecular weight excluding hydrogens is 204 g/mol. The third-order valence-electron chi connectivity index (χ3n) is 2.71. The van der Waals surface area contributed by atoms with Crippen LogP contribution in [0.5, 0.6) is 5.88 Å². The molecule has 0 spiro atoms. The Labute approximate surface area is 95.8 Å². The van der Waals surface area contributed by atoms with Crippen LogP contribution >= 0.6 is 0 Å². The Morgan fingerprint density at radius 1 is 1.50 bits per heavy atom. The van der Waals surface area contributed by atoms with Gasteiger partial charge in [-0.05, 0) is 13.8 Å². The first-order valence-electron chi connectivity index (χ1n) is 5.78. The molecule has 1 fully saturated rings. The summed E-state index contributed by atoms with van der Waals surface area (Å²) in [6.45, 7) is 7.64. The van der Waals surface area contributed by atoms with E-state index in [2.05, 4.69) is 27.1 Å². The first-order valence-corrected chi connectivity index (χ1v) is 5.78. The van der Waals surface area contributed by atoms with Crippen LogP contribution in [0.3, 0.4) is 0 Å². The average molecular weight is 222 g/mol. The minimum absolute atomic E-state index is 0.516. The first-order chi connectivity index (χ1) is 7.85. The van der Waals surface area contributed by atoms with Crippen LogP contribution in [0, 0.1) is 0 Å². The summed E-state index contributed by atoms with van der Waals surface area (Å²) in [7, 11) is 0. The maximum atomic E-state index is 5.38. The molecule has 2 heterocycles. The molecule has 1 aliphatic heterocycles. The predicted molar refractivity (Wildman–Crippen MR) is 62.9 cm³/mol. The summed E-state index contributed by atoms with van der Waals surface area (Å²) >= 11 is 0. The van der Waals surface area contributed by atoms with Crippen LogP contribution in [0.25, 0.3) is 0 Å². The van der Waals surface area contributed by atoms with Gasteiger partial charge in [-0.2, -0.15) is 4.98 Å². The zero-order valence-corrected chi connectivity index (χ0v) is 9.81. The van der Waals surface area contributed by atoms with Gasteiger partial charge >= 0.3 is 0 Å². The molecule has 2 rings (SSSR count). The van der Waals surface area contributed by atoms with Gasteiger partial charge in [-0.1, -0.05) is 0 Å². The number of hydrogen-bond donors (Lipinski definition) is 1. The number of ether oxygens (including phenoxy) is 1. The molecule has 1 N–H and O–H groups in total. The summed E-state index contributed by atoms with van der Waals surface area (Å²) in [5.41, 5.74) is 0. The molecule has 16 heavy (non-hydrogen) atoms. The molecule has 5 heteroatoms. The normalized spacial score (nSPS) is 15.6. The average Bonchev–Trinajstić information content (AvgIpc) is 2.24. The third-order valence-corrected chi connectivity index (χ3v) is 2.71. The van der Waals surface area contributed by atoms with Crippen LogP contribution in [0.15, 0.2) is 12.3 Å². The van der Waals surface area contributed by atoms with Crippen LogP contribution in [0.4, 0.5) is 5.95 Å². The molecule has 0 aliphatic carbocycles. The summed E-state index contributed by atoms with van der Waals surface area (Å²) in [6, 6.07) is 2.31. The summed E-state index contributed by atoms with van der Waals surface area (Å²) in [6.07, 6.45) is 1.75. The topological polar surface area (TPSA) is 50.3 Å². The van der Waals surface area contributed by atoms with Crippen LogP contribution in [0.1, 0.15) is 13.8 Å². The fourth-order valence-electron chi connectivity index (χ4n) is 1.76. The van der Waals surface area contributed by atoms with Crippen LogP contribution in [-0.2, 0) is 0 Å². The molecule has 5 nitrogen and oxygen atoms in total. The van der Waals surface area contributed by atoms with Crippen molar-refractivity contribution in [3.63, 3.8) is 0 Å². The quantitative estimate of drug-likeness (QED) is 0.793. The van der Waals surface area contributed by atoms with Gasteiger partial charge in [0.05, 0.1) is 12.6 Å². The molecule has 1 aromatic rings. The summed E-state index contributed by atoms with van der Waals surface area (Å²) in [5.74, 6) is 1.41. The van der Waals surface area contributed by atoms with Crippen molar-refractivity contribution in [3.8, 4) is 5.88 Å². The number of anilines is 1. The Kier molecular flexibility index (Phi) is 3.56. The highest BCUT2D eigenvalue weighted by Gasteiger charge is 2.25. The van der Waals surface area contributed by atoms with E-state index in [1.54, 1.807) is 12.3 Å². The van der Waals surface area contributed by atoms with E-state index in [1.807, 2.05) is 6.92 Å². The van der Waals surface area contributed by atoms with Gasteiger partial charge in [0.15, 0.2) is 0 Å². The Hall–Kier alpha value is -1.36. The lowest BCUT2D eigenvalue weighted by molar-refractivity contribution is 0.325. The van der Waals surface area contributed by atoms with E-state index in [1.165, 1.54) is 0 Å². The maximum Gasteiger partial charge on any atom is 0.228 e. The highest BCUT2D eigenvalue weighted by atomic mass is 16.5. The second-order valence-electron chi connectivity index (χ2n) is 3.73. The summed E-state index contributed by atoms with van der Waals surface area (Å²) in [5, 5.41) is 3.26. The minimum atomic E-state index is 0.516. The largest absolute Gasteiger partial charge is 0.478 e. The highest BCUT2D eigenvalue weighted by molar-refractivity contribution is 5.34. The van der Waals surface area contributed by atoms with E-state index >= 15 is 0 Å². The van der Waals surface area contributed by atoms with Crippen LogP contribution in [0.2, 0.25) is 0 Å². The molecule has 1 aromatic heterocycles. The molecule has 0 atom stereocenters. The maximum absolute atomic E-state index is 5.38. The molecule has 88 valence electrons. The second kappa shape index (κ2) is 5.12. The minimum Gasteiger partial charge on any atom is -0.478 e. The molecular formula is C11H18N4O. The lowest BCUT2D eigenvalue weighted by Gasteiger charge is -2.37. The zero-order chi connectivity index (χ0) is 11.4. The molecule has 0 bridgehead atoms. The van der Waals surface area contributed by atoms with Gasteiger partial charge in [0.1, 0.15) is 0 Å². The van der Waals surface area contributed by atoms with Gasteiger partial charge in [-0.15, -0.1) is 0 Å². The first kappa shape index (κ1) is 11.1. The highest BCUT2D eigenvalue weighted by Crippen LogP contribution is 2.16. The molecule has 1 aliphatic rings. The Morgan fingerprint density at radius 2 is 2.31 bits per heavy atom. The fraction of sp³-hybridized carbons (Fsp3) is 0.636. The number of nitrogens with one attached hydrogen (secondary N) is 1. The van der Waals surface area contributed by atoms with E-state index in [-0.39, 0.29) is 0 Å². The van der Waals surface area contributed by atoms with Crippen molar-refractivity contribution in [2.75, 3.05) is 31.1 Å². The van der Waals surface area contributed by atoms with E-state index in [0.29, 0.717) is 18.5 Å². The standard InChI is InChI=1S/C11H18N4O/c1-3-15(9-7-12-8-9)11-13-6-5-10(14-11)16-4-2/h5-6,9,12H,3-4,7-8H2,1-2H3. The molecule has 0 saturated carbocycles. The molecule has 0 amide bonds. The molecule has 0 aromatic carbocycles. The second-order valence-corrected chi connectivity index (χ2v) is 3.73. The van der Waals surface area contributed by atoms with Gasteiger partial charge in [0.2, 0.25) is 11.8 Å². The van der Waals surface area contributed by atoms with Crippen molar-refractivity contribution in [3.05, 3.63) is 12.3 Å². The Balaban J connectivity index is 2.13. The number of aromatic nitrogens is 2. The fourth-order valence-corrected chi connectivity index (χ4v) is 1.76. The molecule has 0 unspecified atom stereocenters. The monoisotopic (exact) mass is 222 g/mol. The van der Waals surface area contributed by atoms with Crippen molar-refractivity contribution in [2.45, 2.75) is 19.9 Å². The zero-order valence-electron chi connectivity index (χ0n) is 9.81. The lowest BCUT2D eigenvalue weighted by atomic mass is 10.1. The number of rotatable bonds is 5. The smallest absolute Gasteiger partial charge is 0.228 e. The number of nitrogens with zero attached hydrogens (tertiary/aromatic N) is 3. The van der Waals surface area contributed by atoms with E-state index in [0.717, 1.165) is 25.6 Å². The summed E-state index contributed by atoms with van der Waals surface area (Å²) in [4.78, 5) is 10.9.